The molecule has 3 rings (SSSR count). The van der Waals surface area contributed by atoms with Crippen LogP contribution in [0.15, 0.2) is 48.5 Å². The lowest BCUT2D eigenvalue weighted by Crippen LogP contribution is -2.41. The number of carbonyl (C=O) groups is 1. The fourth-order valence-corrected chi connectivity index (χ4v) is 2.69. The van der Waals surface area contributed by atoms with Gasteiger partial charge in [0.2, 0.25) is 5.91 Å². The third-order valence-corrected chi connectivity index (χ3v) is 3.99. The van der Waals surface area contributed by atoms with Crippen molar-refractivity contribution in [1.82, 2.24) is 5.32 Å². The summed E-state index contributed by atoms with van der Waals surface area (Å²) in [5.41, 5.74) is 3.41. The highest BCUT2D eigenvalue weighted by Gasteiger charge is 2.23. The predicted molar refractivity (Wildman–Crippen MR) is 87.0 cm³/mol. The van der Waals surface area contributed by atoms with Crippen molar-refractivity contribution in [2.24, 2.45) is 0 Å². The molecule has 1 aliphatic rings. The first-order chi connectivity index (χ1) is 10.8. The summed E-state index contributed by atoms with van der Waals surface area (Å²) in [6.07, 6.45) is 1.76. The Hall–Kier alpha value is -2.49. The first-order valence-corrected chi connectivity index (χ1v) is 7.51. The van der Waals surface area contributed by atoms with Crippen LogP contribution in [0.1, 0.15) is 17.5 Å². The van der Waals surface area contributed by atoms with E-state index in [0.29, 0.717) is 6.54 Å². The molecule has 0 saturated heterocycles. The van der Waals surface area contributed by atoms with Gasteiger partial charge < -0.3 is 15.4 Å². The van der Waals surface area contributed by atoms with E-state index in [9.17, 15) is 4.79 Å². The maximum atomic E-state index is 12.3. The minimum Gasteiger partial charge on any atom is -0.497 e. The average molecular weight is 296 g/mol. The summed E-state index contributed by atoms with van der Waals surface area (Å²) >= 11 is 0. The maximum Gasteiger partial charge on any atom is 0.242 e. The molecule has 1 unspecified atom stereocenters. The molecule has 22 heavy (non-hydrogen) atoms. The molecule has 2 aromatic carbocycles. The largest absolute Gasteiger partial charge is 0.497 e. The number of anilines is 1. The first kappa shape index (κ1) is 14.4. The molecule has 0 fully saturated rings. The number of hydrogen-bond acceptors (Lipinski definition) is 3. The minimum atomic E-state index is -0.159. The number of amides is 1. The van der Waals surface area contributed by atoms with Gasteiger partial charge in [0.1, 0.15) is 11.8 Å². The summed E-state index contributed by atoms with van der Waals surface area (Å²) in [4.78, 5) is 12.3. The van der Waals surface area contributed by atoms with Crippen molar-refractivity contribution in [2.75, 3.05) is 12.4 Å². The standard InChI is InChI=1S/C18H20N2O2/c1-22-15-9-6-13(7-10-15)12-19-18(21)17-11-8-14-4-2-3-5-16(14)20-17/h2-7,9-10,17,20H,8,11-12H2,1H3,(H,19,21). The summed E-state index contributed by atoms with van der Waals surface area (Å²) in [7, 11) is 1.64. The van der Waals surface area contributed by atoms with Crippen LogP contribution >= 0.6 is 0 Å². The van der Waals surface area contributed by atoms with E-state index < -0.39 is 0 Å². The number of benzene rings is 2. The van der Waals surface area contributed by atoms with Gasteiger partial charge in [-0.3, -0.25) is 4.79 Å². The quantitative estimate of drug-likeness (QED) is 0.912. The zero-order valence-electron chi connectivity index (χ0n) is 12.6. The fourth-order valence-electron chi connectivity index (χ4n) is 2.69. The van der Waals surface area contributed by atoms with Crippen LogP contribution in [0, 0.1) is 0 Å². The SMILES string of the molecule is COc1ccc(CNC(=O)C2CCc3ccccc3N2)cc1. The Morgan fingerprint density at radius 2 is 2.00 bits per heavy atom. The third kappa shape index (κ3) is 3.22. The van der Waals surface area contributed by atoms with E-state index in [1.54, 1.807) is 7.11 Å². The topological polar surface area (TPSA) is 50.4 Å². The van der Waals surface area contributed by atoms with E-state index in [0.717, 1.165) is 29.8 Å². The van der Waals surface area contributed by atoms with Gasteiger partial charge in [0, 0.05) is 12.2 Å². The number of carbonyl (C=O) groups excluding carboxylic acids is 1. The fraction of sp³-hybridized carbons (Fsp3) is 0.278. The van der Waals surface area contributed by atoms with E-state index in [2.05, 4.69) is 16.7 Å². The van der Waals surface area contributed by atoms with Crippen LogP contribution in [0.2, 0.25) is 0 Å². The summed E-state index contributed by atoms with van der Waals surface area (Å²) in [6.45, 7) is 0.530. The van der Waals surface area contributed by atoms with Gasteiger partial charge in [0.25, 0.3) is 0 Å². The summed E-state index contributed by atoms with van der Waals surface area (Å²) in [5.74, 6) is 0.867. The molecule has 0 bridgehead atoms. The summed E-state index contributed by atoms with van der Waals surface area (Å²) in [5, 5.41) is 6.31. The second kappa shape index (κ2) is 6.52. The van der Waals surface area contributed by atoms with Crippen molar-refractivity contribution in [3.05, 3.63) is 59.7 Å². The highest BCUT2D eigenvalue weighted by Crippen LogP contribution is 2.24. The summed E-state index contributed by atoms with van der Waals surface area (Å²) in [6, 6.07) is 15.7. The smallest absolute Gasteiger partial charge is 0.242 e. The van der Waals surface area contributed by atoms with Crippen LogP contribution < -0.4 is 15.4 Å². The Kier molecular flexibility index (Phi) is 4.28. The van der Waals surface area contributed by atoms with E-state index >= 15 is 0 Å². The summed E-state index contributed by atoms with van der Waals surface area (Å²) < 4.78 is 5.13. The normalized spacial score (nSPS) is 16.3. The Bertz CT molecular complexity index is 652. The van der Waals surface area contributed by atoms with E-state index in [-0.39, 0.29) is 11.9 Å². The molecule has 4 heteroatoms. The van der Waals surface area contributed by atoms with Crippen molar-refractivity contribution in [2.45, 2.75) is 25.4 Å². The lowest BCUT2D eigenvalue weighted by molar-refractivity contribution is -0.122. The van der Waals surface area contributed by atoms with Gasteiger partial charge in [-0.1, -0.05) is 30.3 Å². The molecule has 114 valence electrons. The second-order valence-electron chi connectivity index (χ2n) is 5.46. The first-order valence-electron chi connectivity index (χ1n) is 7.51. The lowest BCUT2D eigenvalue weighted by Gasteiger charge is -2.26. The number of hydrogen-bond donors (Lipinski definition) is 2. The Balaban J connectivity index is 1.56. The Labute approximate surface area is 130 Å². The molecule has 1 aliphatic heterocycles. The average Bonchev–Trinajstić information content (AvgIpc) is 2.59. The van der Waals surface area contributed by atoms with Crippen LogP contribution in [-0.4, -0.2) is 19.1 Å². The predicted octanol–water partition coefficient (Wildman–Crippen LogP) is 2.74. The van der Waals surface area contributed by atoms with E-state index in [4.69, 9.17) is 4.74 Å². The van der Waals surface area contributed by atoms with Crippen LogP contribution in [0.4, 0.5) is 5.69 Å². The van der Waals surface area contributed by atoms with Crippen molar-refractivity contribution < 1.29 is 9.53 Å². The van der Waals surface area contributed by atoms with Gasteiger partial charge in [0.05, 0.1) is 7.11 Å². The number of rotatable bonds is 4. The molecule has 0 spiro atoms. The van der Waals surface area contributed by atoms with Crippen molar-refractivity contribution in [1.29, 1.82) is 0 Å². The molecule has 1 atom stereocenters. The molecular formula is C18H20N2O2. The number of nitrogens with one attached hydrogen (secondary N) is 2. The zero-order valence-corrected chi connectivity index (χ0v) is 12.6. The van der Waals surface area contributed by atoms with E-state index in [1.165, 1.54) is 5.56 Å². The van der Waals surface area contributed by atoms with Crippen molar-refractivity contribution in [3.63, 3.8) is 0 Å². The van der Waals surface area contributed by atoms with Crippen LogP contribution in [-0.2, 0) is 17.8 Å². The molecule has 0 radical (unpaired) electrons. The highest BCUT2D eigenvalue weighted by atomic mass is 16.5. The molecule has 1 amide bonds. The number of ether oxygens (including phenoxy) is 1. The highest BCUT2D eigenvalue weighted by molar-refractivity contribution is 5.85. The molecule has 1 heterocycles. The molecule has 0 saturated carbocycles. The second-order valence-corrected chi connectivity index (χ2v) is 5.46. The third-order valence-electron chi connectivity index (χ3n) is 3.99. The Morgan fingerprint density at radius 3 is 2.77 bits per heavy atom. The molecule has 0 aromatic heterocycles. The van der Waals surface area contributed by atoms with Gasteiger partial charge in [-0.15, -0.1) is 0 Å². The monoisotopic (exact) mass is 296 g/mol. The van der Waals surface area contributed by atoms with Crippen LogP contribution in [0.3, 0.4) is 0 Å². The van der Waals surface area contributed by atoms with Gasteiger partial charge in [-0.05, 0) is 42.2 Å². The lowest BCUT2D eigenvalue weighted by atomic mass is 9.97. The Morgan fingerprint density at radius 1 is 1.23 bits per heavy atom. The van der Waals surface area contributed by atoms with Gasteiger partial charge in [0.15, 0.2) is 0 Å². The zero-order chi connectivity index (χ0) is 15.4. The minimum absolute atomic E-state index is 0.0466. The molecule has 4 nitrogen and oxygen atoms in total. The number of aryl methyl sites for hydroxylation is 1. The molecule has 2 aromatic rings. The molecular weight excluding hydrogens is 276 g/mol. The van der Waals surface area contributed by atoms with E-state index in [1.807, 2.05) is 42.5 Å². The van der Waals surface area contributed by atoms with Crippen molar-refractivity contribution in [3.8, 4) is 5.75 Å². The van der Waals surface area contributed by atoms with Crippen LogP contribution in [0.25, 0.3) is 0 Å². The molecule has 0 aliphatic carbocycles. The maximum absolute atomic E-state index is 12.3. The number of para-hydroxylation sites is 1. The van der Waals surface area contributed by atoms with Crippen LogP contribution in [0.5, 0.6) is 5.75 Å². The molecule has 2 N–H and O–H groups in total. The van der Waals surface area contributed by atoms with Gasteiger partial charge in [-0.25, -0.2) is 0 Å². The van der Waals surface area contributed by atoms with Gasteiger partial charge in [-0.2, -0.15) is 0 Å². The van der Waals surface area contributed by atoms with Gasteiger partial charge >= 0.3 is 0 Å². The number of fused-ring (bicyclic) bond motifs is 1. The number of methoxy groups -OCH3 is 1. The van der Waals surface area contributed by atoms with Crippen molar-refractivity contribution >= 4 is 11.6 Å².